The second-order valence-corrected chi connectivity index (χ2v) is 8.30. The molecule has 11 heteroatoms. The first-order valence-electron chi connectivity index (χ1n) is 10.8. The van der Waals surface area contributed by atoms with E-state index in [0.29, 0.717) is 10.9 Å². The molecule has 1 aliphatic heterocycles. The number of aromatic amines is 1. The van der Waals surface area contributed by atoms with Gasteiger partial charge in [0.1, 0.15) is 0 Å². The molecule has 0 atom stereocenters. The maximum Gasteiger partial charge on any atom is 0.256 e. The van der Waals surface area contributed by atoms with E-state index in [1.807, 2.05) is 12.1 Å². The average molecular weight is 484 g/mol. The molecule has 1 amide bonds. The Kier molecular flexibility index (Phi) is 5.85. The van der Waals surface area contributed by atoms with Gasteiger partial charge in [0.05, 0.1) is 16.6 Å². The number of hydrogen-bond donors (Lipinski definition) is 2. The maximum absolute atomic E-state index is 14.1. The van der Waals surface area contributed by atoms with Crippen molar-refractivity contribution >= 4 is 28.4 Å². The van der Waals surface area contributed by atoms with Crippen molar-refractivity contribution in [2.45, 2.75) is 0 Å². The summed E-state index contributed by atoms with van der Waals surface area (Å²) in [6.07, 6.45) is 0. The number of H-pyrrole nitrogens is 1. The fraction of sp³-hybridized carbons (Fsp3) is 0.208. The number of likely N-dealkylation sites (N-methyl/N-ethyl adjacent to an activating group) is 1. The molecule has 0 radical (unpaired) electrons. The molecule has 2 N–H and O–H groups in total. The lowest BCUT2D eigenvalue weighted by Gasteiger charge is -2.34. The first-order chi connectivity index (χ1) is 16.8. The third-order valence-corrected chi connectivity index (χ3v) is 6.02. The second kappa shape index (κ2) is 8.99. The highest BCUT2D eigenvalue weighted by Crippen LogP contribution is 2.30. The monoisotopic (exact) mass is 484 g/mol. The highest BCUT2D eigenvalue weighted by molar-refractivity contribution is 6.07. The molecule has 1 saturated heterocycles. The van der Waals surface area contributed by atoms with E-state index in [0.717, 1.165) is 31.9 Å². The standard InChI is InChI=1S/C24H20F4N6O/c1-33-8-10-34(11-9-33)14-4-2-13(3-5-14)24(35)30-23-15-6-7-18(29-22(15)31-32-23)19-20(27)16(25)12-17(26)21(19)28/h2-7,12H,8-11H2,1H3,(H2,29,30,31,32,35). The topological polar surface area (TPSA) is 77.1 Å². The zero-order valence-electron chi connectivity index (χ0n) is 18.6. The predicted molar refractivity (Wildman–Crippen MR) is 123 cm³/mol. The summed E-state index contributed by atoms with van der Waals surface area (Å²) in [5, 5.41) is 9.60. The first kappa shape index (κ1) is 22.8. The van der Waals surface area contributed by atoms with Gasteiger partial charge in [-0.3, -0.25) is 9.89 Å². The fourth-order valence-electron chi connectivity index (χ4n) is 4.01. The van der Waals surface area contributed by atoms with Crippen molar-refractivity contribution in [2.24, 2.45) is 0 Å². The SMILES string of the molecule is CN1CCN(c2ccc(C(=O)Nc3n[nH]c4nc(-c5c(F)c(F)cc(F)c5F)ccc34)cc2)CC1. The number of nitrogens with zero attached hydrogens (tertiary/aromatic N) is 4. The number of rotatable bonds is 4. The van der Waals surface area contributed by atoms with E-state index in [4.69, 9.17) is 0 Å². The summed E-state index contributed by atoms with van der Waals surface area (Å²) in [6, 6.07) is 9.94. The summed E-state index contributed by atoms with van der Waals surface area (Å²) in [5.41, 5.74) is 0.275. The minimum Gasteiger partial charge on any atom is -0.369 e. The lowest BCUT2D eigenvalue weighted by Crippen LogP contribution is -2.44. The Morgan fingerprint density at radius 2 is 1.60 bits per heavy atom. The van der Waals surface area contributed by atoms with Crippen LogP contribution < -0.4 is 10.2 Å². The number of piperazine rings is 1. The summed E-state index contributed by atoms with van der Waals surface area (Å²) in [4.78, 5) is 21.3. The molecule has 0 aliphatic carbocycles. The van der Waals surface area contributed by atoms with E-state index < -0.39 is 34.7 Å². The van der Waals surface area contributed by atoms with Crippen molar-refractivity contribution in [3.63, 3.8) is 0 Å². The quantitative estimate of drug-likeness (QED) is 0.336. The number of hydrogen-bond acceptors (Lipinski definition) is 5. The number of benzene rings is 2. The zero-order chi connectivity index (χ0) is 24.7. The van der Waals surface area contributed by atoms with Crippen molar-refractivity contribution in [1.82, 2.24) is 20.1 Å². The van der Waals surface area contributed by atoms with Gasteiger partial charge in [0, 0.05) is 43.5 Å². The molecule has 0 bridgehead atoms. The molecule has 3 heterocycles. The van der Waals surface area contributed by atoms with Crippen LogP contribution in [0, 0.1) is 23.3 Å². The number of carbonyl (C=O) groups excluding carboxylic acids is 1. The minimum absolute atomic E-state index is 0.0756. The van der Waals surface area contributed by atoms with Crippen LogP contribution in [0.5, 0.6) is 0 Å². The van der Waals surface area contributed by atoms with Crippen molar-refractivity contribution < 1.29 is 22.4 Å². The molecule has 2 aromatic carbocycles. The van der Waals surface area contributed by atoms with E-state index in [9.17, 15) is 22.4 Å². The number of nitrogens with one attached hydrogen (secondary N) is 2. The molecule has 0 spiro atoms. The van der Waals surface area contributed by atoms with Crippen LogP contribution in [-0.2, 0) is 0 Å². The molecule has 180 valence electrons. The van der Waals surface area contributed by atoms with Crippen molar-refractivity contribution in [3.05, 3.63) is 71.3 Å². The van der Waals surface area contributed by atoms with Crippen LogP contribution in [-0.4, -0.2) is 59.2 Å². The summed E-state index contributed by atoms with van der Waals surface area (Å²) in [6.45, 7) is 3.76. The van der Waals surface area contributed by atoms with Gasteiger partial charge in [0.15, 0.2) is 34.7 Å². The van der Waals surface area contributed by atoms with Crippen LogP contribution in [0.15, 0.2) is 42.5 Å². The van der Waals surface area contributed by atoms with Gasteiger partial charge in [-0.05, 0) is 43.4 Å². The zero-order valence-corrected chi connectivity index (χ0v) is 18.6. The van der Waals surface area contributed by atoms with Gasteiger partial charge in [0.25, 0.3) is 5.91 Å². The molecular weight excluding hydrogens is 464 g/mol. The largest absolute Gasteiger partial charge is 0.369 e. The molecule has 1 fully saturated rings. The van der Waals surface area contributed by atoms with Crippen LogP contribution in [0.2, 0.25) is 0 Å². The number of aromatic nitrogens is 3. The summed E-state index contributed by atoms with van der Waals surface area (Å²) in [5.74, 6) is -6.42. The van der Waals surface area contributed by atoms with Gasteiger partial charge in [-0.25, -0.2) is 22.5 Å². The highest BCUT2D eigenvalue weighted by atomic mass is 19.2. The van der Waals surface area contributed by atoms with E-state index in [1.54, 1.807) is 12.1 Å². The molecule has 5 rings (SSSR count). The Hall–Kier alpha value is -3.99. The van der Waals surface area contributed by atoms with Crippen molar-refractivity contribution in [1.29, 1.82) is 0 Å². The Labute approximate surface area is 197 Å². The third-order valence-electron chi connectivity index (χ3n) is 6.02. The van der Waals surface area contributed by atoms with Gasteiger partial charge >= 0.3 is 0 Å². The summed E-state index contributed by atoms with van der Waals surface area (Å²) >= 11 is 0. The Balaban J connectivity index is 1.36. The smallest absolute Gasteiger partial charge is 0.256 e. The van der Waals surface area contributed by atoms with Crippen molar-refractivity contribution in [2.75, 3.05) is 43.4 Å². The number of fused-ring (bicyclic) bond motifs is 1. The summed E-state index contributed by atoms with van der Waals surface area (Å²) < 4.78 is 55.5. The second-order valence-electron chi connectivity index (χ2n) is 8.30. The Morgan fingerprint density at radius 1 is 0.943 bits per heavy atom. The molecule has 35 heavy (non-hydrogen) atoms. The molecule has 2 aromatic heterocycles. The van der Waals surface area contributed by atoms with Crippen LogP contribution in [0.3, 0.4) is 0 Å². The Morgan fingerprint density at radius 3 is 2.26 bits per heavy atom. The first-order valence-corrected chi connectivity index (χ1v) is 10.8. The number of amides is 1. The number of carbonyl (C=O) groups is 1. The maximum atomic E-state index is 14.1. The summed E-state index contributed by atoms with van der Waals surface area (Å²) in [7, 11) is 2.08. The number of anilines is 2. The van der Waals surface area contributed by atoms with E-state index >= 15 is 0 Å². The highest BCUT2D eigenvalue weighted by Gasteiger charge is 2.23. The molecular formula is C24H20F4N6O. The van der Waals surface area contributed by atoms with Gasteiger partial charge in [-0.15, -0.1) is 0 Å². The van der Waals surface area contributed by atoms with Crippen LogP contribution in [0.25, 0.3) is 22.3 Å². The van der Waals surface area contributed by atoms with Gasteiger partial charge < -0.3 is 15.1 Å². The molecule has 0 saturated carbocycles. The normalized spacial score (nSPS) is 14.5. The number of halogens is 4. The van der Waals surface area contributed by atoms with Gasteiger partial charge in [-0.2, -0.15) is 5.10 Å². The van der Waals surface area contributed by atoms with E-state index in [2.05, 4.69) is 37.3 Å². The van der Waals surface area contributed by atoms with E-state index in [1.165, 1.54) is 12.1 Å². The lowest BCUT2D eigenvalue weighted by molar-refractivity contribution is 0.102. The Bertz CT molecular complexity index is 1390. The van der Waals surface area contributed by atoms with Crippen molar-refractivity contribution in [3.8, 4) is 11.3 Å². The van der Waals surface area contributed by atoms with Gasteiger partial charge in [-0.1, -0.05) is 0 Å². The third kappa shape index (κ3) is 4.30. The molecule has 4 aromatic rings. The van der Waals surface area contributed by atoms with Gasteiger partial charge in [0.2, 0.25) is 0 Å². The number of pyridine rings is 1. The molecule has 1 aliphatic rings. The van der Waals surface area contributed by atoms with Crippen LogP contribution >= 0.6 is 0 Å². The average Bonchev–Trinajstić information content (AvgIpc) is 3.25. The molecule has 0 unspecified atom stereocenters. The van der Waals surface area contributed by atoms with E-state index in [-0.39, 0.29) is 23.2 Å². The predicted octanol–water partition coefficient (Wildman–Crippen LogP) is 4.19. The van der Waals surface area contributed by atoms with Crippen LogP contribution in [0.4, 0.5) is 29.1 Å². The van der Waals surface area contributed by atoms with Crippen LogP contribution in [0.1, 0.15) is 10.4 Å². The lowest BCUT2D eigenvalue weighted by atomic mass is 10.1. The molecule has 7 nitrogen and oxygen atoms in total. The fourth-order valence-corrected chi connectivity index (χ4v) is 4.01. The minimum atomic E-state index is -1.55.